The number of rotatable bonds is 4. The van der Waals surface area contributed by atoms with Crippen LogP contribution in [0.15, 0.2) is 28.9 Å². The Labute approximate surface area is 67.1 Å². The van der Waals surface area contributed by atoms with Crippen LogP contribution in [0.2, 0.25) is 0 Å². The van der Waals surface area contributed by atoms with Crippen molar-refractivity contribution in [1.29, 1.82) is 0 Å². The predicted octanol–water partition coefficient (Wildman–Crippen LogP) is 2.78. The molecule has 0 aromatic carbocycles. The molecule has 0 aliphatic rings. The minimum atomic E-state index is 0.496. The second-order valence-corrected chi connectivity index (χ2v) is 2.10. The Balaban J connectivity index is 3.94. The highest BCUT2D eigenvalue weighted by Gasteiger charge is 1.84. The summed E-state index contributed by atoms with van der Waals surface area (Å²) in [5.74, 6) is 0.496. The molecular weight excluding hydrogens is 146 g/mol. The van der Waals surface area contributed by atoms with E-state index in [4.69, 9.17) is 11.6 Å². The van der Waals surface area contributed by atoms with Crippen LogP contribution in [0.1, 0.15) is 13.3 Å². The van der Waals surface area contributed by atoms with Crippen molar-refractivity contribution in [3.63, 3.8) is 0 Å². The van der Waals surface area contributed by atoms with Gasteiger partial charge in [-0.05, 0) is 18.7 Å². The first kappa shape index (κ1) is 9.44. The van der Waals surface area contributed by atoms with E-state index in [0.717, 1.165) is 12.0 Å². The quantitative estimate of drug-likeness (QED) is 0.338. The number of hydrogen-bond donors (Lipinski definition) is 0. The molecule has 0 unspecified atom stereocenters. The topological polar surface area (TPSA) is 12.4 Å². The van der Waals surface area contributed by atoms with E-state index >= 15 is 0 Å². The van der Waals surface area contributed by atoms with Gasteiger partial charge in [0.05, 0.1) is 0 Å². The molecule has 0 fully saturated rings. The van der Waals surface area contributed by atoms with Crippen LogP contribution in [-0.2, 0) is 0 Å². The van der Waals surface area contributed by atoms with Gasteiger partial charge in [0.25, 0.3) is 0 Å². The number of hydrogen-bond acceptors (Lipinski definition) is 1. The van der Waals surface area contributed by atoms with Crippen molar-refractivity contribution in [3.05, 3.63) is 23.9 Å². The molecule has 0 bridgehead atoms. The molecule has 0 saturated heterocycles. The van der Waals surface area contributed by atoms with Gasteiger partial charge >= 0.3 is 0 Å². The summed E-state index contributed by atoms with van der Waals surface area (Å²) in [7, 11) is 0. The fourth-order valence-electron chi connectivity index (χ4n) is 0.509. The van der Waals surface area contributed by atoms with Crippen molar-refractivity contribution < 1.29 is 0 Å². The summed E-state index contributed by atoms with van der Waals surface area (Å²) in [5.41, 5.74) is 0.999. The zero-order valence-corrected chi connectivity index (χ0v) is 6.93. The van der Waals surface area contributed by atoms with E-state index in [0.29, 0.717) is 5.88 Å². The Bertz CT molecular complexity index is 147. The second-order valence-electron chi connectivity index (χ2n) is 1.83. The largest absolute Gasteiger partial charge is 0.272 e. The summed E-state index contributed by atoms with van der Waals surface area (Å²) < 4.78 is 0. The van der Waals surface area contributed by atoms with Crippen LogP contribution in [0.4, 0.5) is 0 Å². The van der Waals surface area contributed by atoms with Crippen LogP contribution in [0.3, 0.4) is 0 Å². The van der Waals surface area contributed by atoms with Crippen molar-refractivity contribution >= 4 is 18.3 Å². The van der Waals surface area contributed by atoms with Gasteiger partial charge in [0.1, 0.15) is 0 Å². The smallest absolute Gasteiger partial charge is 0.0489 e. The van der Waals surface area contributed by atoms with Gasteiger partial charge in [-0.25, -0.2) is 0 Å². The molecule has 0 heterocycles. The van der Waals surface area contributed by atoms with Crippen molar-refractivity contribution in [2.24, 2.45) is 4.99 Å². The van der Waals surface area contributed by atoms with E-state index in [1.165, 1.54) is 0 Å². The third-order valence-electron chi connectivity index (χ3n) is 0.979. The third kappa shape index (κ3) is 4.33. The third-order valence-corrected chi connectivity index (χ3v) is 1.29. The van der Waals surface area contributed by atoms with Gasteiger partial charge in [-0.1, -0.05) is 19.1 Å². The highest BCUT2D eigenvalue weighted by molar-refractivity contribution is 6.19. The van der Waals surface area contributed by atoms with Crippen molar-refractivity contribution in [1.82, 2.24) is 0 Å². The second kappa shape index (κ2) is 6.56. The Morgan fingerprint density at radius 1 is 1.70 bits per heavy atom. The zero-order chi connectivity index (χ0) is 7.82. The first-order valence-electron chi connectivity index (χ1n) is 3.22. The van der Waals surface area contributed by atoms with Crippen LogP contribution >= 0.6 is 11.6 Å². The molecule has 1 nitrogen and oxygen atoms in total. The lowest BCUT2D eigenvalue weighted by atomic mass is 10.3. The normalized spacial score (nSPS) is 12.4. The molecule has 0 aliphatic carbocycles. The number of alkyl halides is 1. The molecule has 0 spiro atoms. The molecule has 10 heavy (non-hydrogen) atoms. The molecule has 0 saturated carbocycles. The minimum Gasteiger partial charge on any atom is -0.272 e. The summed E-state index contributed by atoms with van der Waals surface area (Å²) in [6.07, 6.45) is 6.69. The van der Waals surface area contributed by atoms with E-state index in [1.807, 2.05) is 12.2 Å². The lowest BCUT2D eigenvalue weighted by Crippen LogP contribution is -1.76. The monoisotopic (exact) mass is 157 g/mol. The molecule has 0 atom stereocenters. The zero-order valence-electron chi connectivity index (χ0n) is 6.18. The van der Waals surface area contributed by atoms with Gasteiger partial charge < -0.3 is 0 Å². The number of halogens is 1. The van der Waals surface area contributed by atoms with Crippen LogP contribution < -0.4 is 0 Å². The molecule has 0 aromatic heterocycles. The van der Waals surface area contributed by atoms with E-state index in [2.05, 4.69) is 18.6 Å². The molecule has 0 aromatic rings. The first-order chi connectivity index (χ1) is 4.85. The Kier molecular flexibility index (Phi) is 6.19. The maximum Gasteiger partial charge on any atom is 0.0489 e. The Hall–Kier alpha value is -0.560. The van der Waals surface area contributed by atoms with Gasteiger partial charge in [0.15, 0.2) is 0 Å². The highest BCUT2D eigenvalue weighted by atomic mass is 35.5. The lowest BCUT2D eigenvalue weighted by Gasteiger charge is -1.89. The van der Waals surface area contributed by atoms with Crippen molar-refractivity contribution in [2.75, 3.05) is 5.88 Å². The average Bonchev–Trinajstić information content (AvgIpc) is 1.98. The Morgan fingerprint density at radius 3 is 2.80 bits per heavy atom. The molecule has 56 valence electrons. The fraction of sp³-hybridized carbons (Fsp3) is 0.375. The van der Waals surface area contributed by atoms with E-state index in [9.17, 15) is 0 Å². The summed E-state index contributed by atoms with van der Waals surface area (Å²) in [6, 6.07) is 0. The standard InChI is InChI=1S/C8H12ClN/c1-3-4-5-8(6-9)7-10-2/h4-5,7H,2-3,6H2,1H3/b5-4-,8-7+. The van der Waals surface area contributed by atoms with Gasteiger partial charge in [0.2, 0.25) is 0 Å². The van der Waals surface area contributed by atoms with Gasteiger partial charge in [-0.15, -0.1) is 11.6 Å². The average molecular weight is 158 g/mol. The number of aliphatic imine (C=N–C) groups is 1. The SMILES string of the molecule is C=N/C=C(\C=C/CC)CCl. The maximum atomic E-state index is 5.57. The fourth-order valence-corrected chi connectivity index (χ4v) is 0.667. The number of nitrogens with zero attached hydrogens (tertiary/aromatic N) is 1. The molecule has 0 radical (unpaired) electrons. The molecule has 0 amide bonds. The van der Waals surface area contributed by atoms with Crippen LogP contribution in [0, 0.1) is 0 Å². The summed E-state index contributed by atoms with van der Waals surface area (Å²) >= 11 is 5.57. The molecular formula is C8H12ClN. The van der Waals surface area contributed by atoms with Crippen LogP contribution in [0.25, 0.3) is 0 Å². The predicted molar refractivity (Wildman–Crippen MR) is 47.8 cm³/mol. The lowest BCUT2D eigenvalue weighted by molar-refractivity contribution is 1.22. The summed E-state index contributed by atoms with van der Waals surface area (Å²) in [5, 5.41) is 0. The highest BCUT2D eigenvalue weighted by Crippen LogP contribution is 2.00. The van der Waals surface area contributed by atoms with Gasteiger partial charge in [-0.2, -0.15) is 0 Å². The van der Waals surface area contributed by atoms with E-state index < -0.39 is 0 Å². The van der Waals surface area contributed by atoms with E-state index in [-0.39, 0.29) is 0 Å². The Morgan fingerprint density at radius 2 is 2.40 bits per heavy atom. The molecule has 0 aliphatic heterocycles. The molecule has 0 N–H and O–H groups in total. The molecule has 0 rings (SSSR count). The van der Waals surface area contributed by atoms with Crippen molar-refractivity contribution in [3.8, 4) is 0 Å². The molecule has 2 heteroatoms. The van der Waals surface area contributed by atoms with E-state index in [1.54, 1.807) is 6.20 Å². The van der Waals surface area contributed by atoms with Gasteiger partial charge in [0, 0.05) is 12.1 Å². The van der Waals surface area contributed by atoms with Crippen LogP contribution in [0.5, 0.6) is 0 Å². The van der Waals surface area contributed by atoms with Crippen LogP contribution in [-0.4, -0.2) is 12.6 Å². The van der Waals surface area contributed by atoms with Crippen molar-refractivity contribution in [2.45, 2.75) is 13.3 Å². The maximum absolute atomic E-state index is 5.57. The minimum absolute atomic E-state index is 0.496. The summed E-state index contributed by atoms with van der Waals surface area (Å²) in [6.45, 7) is 5.41. The number of allylic oxidation sites excluding steroid dienone is 3. The first-order valence-corrected chi connectivity index (χ1v) is 3.76. The van der Waals surface area contributed by atoms with Gasteiger partial charge in [-0.3, -0.25) is 4.99 Å². The summed E-state index contributed by atoms with van der Waals surface area (Å²) in [4.78, 5) is 3.61.